The van der Waals surface area contributed by atoms with E-state index in [0.29, 0.717) is 6.04 Å². The Morgan fingerprint density at radius 3 is 2.94 bits per heavy atom. The third-order valence-electron chi connectivity index (χ3n) is 3.46. The molecular formula is C13H13N3. The number of imidazole rings is 1. The van der Waals surface area contributed by atoms with Crippen molar-refractivity contribution in [1.82, 2.24) is 9.55 Å². The Kier molecular flexibility index (Phi) is 1.97. The molecule has 0 saturated heterocycles. The lowest BCUT2D eigenvalue weighted by atomic mass is 9.81. The highest BCUT2D eigenvalue weighted by molar-refractivity contribution is 5.81. The number of benzene rings is 1. The normalized spacial score (nSPS) is 24.0. The minimum Gasteiger partial charge on any atom is -0.326 e. The summed E-state index contributed by atoms with van der Waals surface area (Å²) >= 11 is 0. The minimum absolute atomic E-state index is 0.537. The van der Waals surface area contributed by atoms with E-state index >= 15 is 0 Å². The maximum atomic E-state index is 9.11. The van der Waals surface area contributed by atoms with Crippen LogP contribution in [0, 0.1) is 17.2 Å². The van der Waals surface area contributed by atoms with E-state index in [2.05, 4.69) is 22.5 Å². The van der Waals surface area contributed by atoms with Gasteiger partial charge in [-0.1, -0.05) is 13.0 Å². The average Bonchev–Trinajstić information content (AvgIpc) is 2.68. The van der Waals surface area contributed by atoms with Gasteiger partial charge in [-0.15, -0.1) is 0 Å². The Balaban J connectivity index is 2.15. The molecule has 0 bridgehead atoms. The molecule has 1 aliphatic carbocycles. The molecule has 0 unspecified atom stereocenters. The average molecular weight is 211 g/mol. The monoisotopic (exact) mass is 211 g/mol. The van der Waals surface area contributed by atoms with E-state index in [1.54, 1.807) is 0 Å². The zero-order chi connectivity index (χ0) is 11.1. The molecule has 0 aliphatic heterocycles. The van der Waals surface area contributed by atoms with Crippen LogP contribution < -0.4 is 0 Å². The zero-order valence-corrected chi connectivity index (χ0v) is 9.22. The first kappa shape index (κ1) is 9.41. The van der Waals surface area contributed by atoms with Crippen molar-refractivity contribution in [3.05, 3.63) is 30.1 Å². The minimum atomic E-state index is 0.537. The van der Waals surface area contributed by atoms with Gasteiger partial charge in [0.15, 0.2) is 0 Å². The van der Waals surface area contributed by atoms with E-state index in [0.717, 1.165) is 22.5 Å². The maximum absolute atomic E-state index is 9.11. The van der Waals surface area contributed by atoms with E-state index < -0.39 is 0 Å². The summed E-state index contributed by atoms with van der Waals surface area (Å²) in [6, 6.07) is 8.51. The number of para-hydroxylation sites is 1. The summed E-state index contributed by atoms with van der Waals surface area (Å²) in [4.78, 5) is 4.37. The van der Waals surface area contributed by atoms with Gasteiger partial charge in [-0.05, 0) is 30.9 Å². The van der Waals surface area contributed by atoms with Crippen LogP contribution in [0.15, 0.2) is 24.5 Å². The van der Waals surface area contributed by atoms with Gasteiger partial charge in [0.2, 0.25) is 0 Å². The second kappa shape index (κ2) is 3.34. The number of hydrogen-bond donors (Lipinski definition) is 0. The quantitative estimate of drug-likeness (QED) is 0.727. The van der Waals surface area contributed by atoms with Gasteiger partial charge in [-0.3, -0.25) is 0 Å². The number of fused-ring (bicyclic) bond motifs is 1. The van der Waals surface area contributed by atoms with Crippen LogP contribution in [0.3, 0.4) is 0 Å². The Morgan fingerprint density at radius 2 is 2.25 bits per heavy atom. The highest BCUT2D eigenvalue weighted by atomic mass is 15.1. The molecule has 1 saturated carbocycles. The molecule has 0 amide bonds. The molecule has 1 aliphatic rings. The van der Waals surface area contributed by atoms with Crippen molar-refractivity contribution in [2.24, 2.45) is 5.92 Å². The van der Waals surface area contributed by atoms with Crippen LogP contribution in [0.5, 0.6) is 0 Å². The summed E-state index contributed by atoms with van der Waals surface area (Å²) in [7, 11) is 0. The molecule has 1 fully saturated rings. The summed E-state index contributed by atoms with van der Waals surface area (Å²) in [5.41, 5.74) is 2.66. The Morgan fingerprint density at radius 1 is 1.44 bits per heavy atom. The smallest absolute Gasteiger partial charge is 0.101 e. The third-order valence-corrected chi connectivity index (χ3v) is 3.46. The number of nitriles is 1. The van der Waals surface area contributed by atoms with Crippen molar-refractivity contribution < 1.29 is 0 Å². The van der Waals surface area contributed by atoms with Crippen molar-refractivity contribution in [3.8, 4) is 6.07 Å². The molecule has 0 radical (unpaired) electrons. The van der Waals surface area contributed by atoms with E-state index in [1.165, 1.54) is 12.8 Å². The van der Waals surface area contributed by atoms with Crippen LogP contribution in [0.1, 0.15) is 31.4 Å². The standard InChI is InChI=1S/C13H13N3/c1-9-5-11(6-9)16-8-15-12-4-2-3-10(7-14)13(12)16/h2-4,8-9,11H,5-6H2,1H3. The van der Waals surface area contributed by atoms with Crippen LogP contribution in [-0.2, 0) is 0 Å². The lowest BCUT2D eigenvalue weighted by Crippen LogP contribution is -2.24. The van der Waals surface area contributed by atoms with Gasteiger partial charge in [0.05, 0.1) is 22.9 Å². The molecule has 0 spiro atoms. The lowest BCUT2D eigenvalue weighted by molar-refractivity contribution is 0.220. The first-order valence-corrected chi connectivity index (χ1v) is 5.65. The predicted molar refractivity (Wildman–Crippen MR) is 61.9 cm³/mol. The molecule has 2 aromatic rings. The molecule has 0 N–H and O–H groups in total. The van der Waals surface area contributed by atoms with Gasteiger partial charge in [-0.25, -0.2) is 4.98 Å². The van der Waals surface area contributed by atoms with Crippen molar-refractivity contribution >= 4 is 11.0 Å². The van der Waals surface area contributed by atoms with Gasteiger partial charge in [0.1, 0.15) is 6.07 Å². The van der Waals surface area contributed by atoms with E-state index in [-0.39, 0.29) is 0 Å². The number of nitrogens with zero attached hydrogens (tertiary/aromatic N) is 3. The van der Waals surface area contributed by atoms with Crippen LogP contribution >= 0.6 is 0 Å². The first-order valence-electron chi connectivity index (χ1n) is 5.65. The van der Waals surface area contributed by atoms with Gasteiger partial charge >= 0.3 is 0 Å². The van der Waals surface area contributed by atoms with Gasteiger partial charge in [0, 0.05) is 6.04 Å². The van der Waals surface area contributed by atoms with Crippen LogP contribution in [0.4, 0.5) is 0 Å². The van der Waals surface area contributed by atoms with Crippen molar-refractivity contribution in [2.45, 2.75) is 25.8 Å². The molecule has 1 heterocycles. The largest absolute Gasteiger partial charge is 0.326 e. The SMILES string of the molecule is CC1CC(n2cnc3cccc(C#N)c32)C1. The highest BCUT2D eigenvalue weighted by Crippen LogP contribution is 2.39. The Bertz CT molecular complexity index is 570. The molecule has 3 nitrogen and oxygen atoms in total. The van der Waals surface area contributed by atoms with Gasteiger partial charge in [-0.2, -0.15) is 5.26 Å². The fourth-order valence-corrected chi connectivity index (χ4v) is 2.54. The molecule has 1 aromatic carbocycles. The maximum Gasteiger partial charge on any atom is 0.101 e. The van der Waals surface area contributed by atoms with Gasteiger partial charge < -0.3 is 4.57 Å². The fraction of sp³-hybridized carbons (Fsp3) is 0.385. The molecule has 3 heteroatoms. The van der Waals surface area contributed by atoms with E-state index in [4.69, 9.17) is 5.26 Å². The van der Waals surface area contributed by atoms with Crippen LogP contribution in [0.2, 0.25) is 0 Å². The summed E-state index contributed by atoms with van der Waals surface area (Å²) in [5.74, 6) is 0.802. The molecule has 16 heavy (non-hydrogen) atoms. The highest BCUT2D eigenvalue weighted by Gasteiger charge is 2.28. The molecule has 1 aromatic heterocycles. The summed E-state index contributed by atoms with van der Waals surface area (Å²) in [6.07, 6.45) is 4.28. The van der Waals surface area contributed by atoms with Crippen molar-refractivity contribution in [1.29, 1.82) is 5.26 Å². The van der Waals surface area contributed by atoms with Crippen LogP contribution in [-0.4, -0.2) is 9.55 Å². The van der Waals surface area contributed by atoms with Gasteiger partial charge in [0.25, 0.3) is 0 Å². The lowest BCUT2D eigenvalue weighted by Gasteiger charge is -2.34. The molecule has 3 rings (SSSR count). The number of aromatic nitrogens is 2. The predicted octanol–water partition coefficient (Wildman–Crippen LogP) is 2.88. The first-order chi connectivity index (χ1) is 7.79. The summed E-state index contributed by atoms with van der Waals surface area (Å²) in [5, 5.41) is 9.11. The van der Waals surface area contributed by atoms with Crippen molar-refractivity contribution in [3.63, 3.8) is 0 Å². The zero-order valence-electron chi connectivity index (χ0n) is 9.22. The number of hydrogen-bond acceptors (Lipinski definition) is 2. The Hall–Kier alpha value is -1.82. The molecular weight excluding hydrogens is 198 g/mol. The second-order valence-corrected chi connectivity index (χ2v) is 4.67. The summed E-state index contributed by atoms with van der Waals surface area (Å²) in [6.45, 7) is 2.26. The number of rotatable bonds is 1. The van der Waals surface area contributed by atoms with E-state index in [1.807, 2.05) is 24.5 Å². The Labute approximate surface area is 94.3 Å². The van der Waals surface area contributed by atoms with E-state index in [9.17, 15) is 0 Å². The fourth-order valence-electron chi connectivity index (χ4n) is 2.54. The van der Waals surface area contributed by atoms with Crippen molar-refractivity contribution in [2.75, 3.05) is 0 Å². The topological polar surface area (TPSA) is 41.6 Å². The second-order valence-electron chi connectivity index (χ2n) is 4.67. The molecule has 80 valence electrons. The molecule has 0 atom stereocenters. The van der Waals surface area contributed by atoms with Crippen LogP contribution in [0.25, 0.3) is 11.0 Å². The summed E-state index contributed by atoms with van der Waals surface area (Å²) < 4.78 is 2.17. The third kappa shape index (κ3) is 1.23.